The van der Waals surface area contributed by atoms with Crippen molar-refractivity contribution in [1.29, 1.82) is 0 Å². The highest BCUT2D eigenvalue weighted by atomic mass is 16.5. The Morgan fingerprint density at radius 1 is 1.40 bits per heavy atom. The van der Waals surface area contributed by atoms with Gasteiger partial charge in [-0.1, -0.05) is 25.1 Å². The number of pyridine rings is 1. The van der Waals surface area contributed by atoms with Gasteiger partial charge in [-0.25, -0.2) is 0 Å². The molecule has 1 fully saturated rings. The molecule has 1 amide bonds. The van der Waals surface area contributed by atoms with Crippen LogP contribution in [0.25, 0.3) is 0 Å². The van der Waals surface area contributed by atoms with Crippen molar-refractivity contribution in [3.8, 4) is 0 Å². The van der Waals surface area contributed by atoms with Crippen molar-refractivity contribution >= 4 is 5.91 Å². The van der Waals surface area contributed by atoms with E-state index in [4.69, 9.17) is 4.52 Å². The molecule has 1 aliphatic rings. The minimum atomic E-state index is -0.0659. The predicted molar refractivity (Wildman–Crippen MR) is 94.3 cm³/mol. The summed E-state index contributed by atoms with van der Waals surface area (Å²) in [6.07, 6.45) is 2.18. The summed E-state index contributed by atoms with van der Waals surface area (Å²) in [5.74, 6) is 1.19. The van der Waals surface area contributed by atoms with Crippen LogP contribution in [0.5, 0.6) is 0 Å². The Morgan fingerprint density at radius 2 is 2.20 bits per heavy atom. The van der Waals surface area contributed by atoms with Gasteiger partial charge in [0.1, 0.15) is 11.5 Å². The van der Waals surface area contributed by atoms with E-state index in [0.29, 0.717) is 13.0 Å². The highest BCUT2D eigenvalue weighted by molar-refractivity contribution is 5.77. The topological polar surface area (TPSA) is 68.3 Å². The van der Waals surface area contributed by atoms with Crippen molar-refractivity contribution in [3.63, 3.8) is 0 Å². The number of hydrogen-bond donors (Lipinski definition) is 0. The molecule has 1 atom stereocenters. The zero-order valence-electron chi connectivity index (χ0n) is 15.1. The Morgan fingerprint density at radius 3 is 2.88 bits per heavy atom. The van der Waals surface area contributed by atoms with E-state index in [1.807, 2.05) is 24.0 Å². The summed E-state index contributed by atoms with van der Waals surface area (Å²) in [6, 6.07) is 7.10. The summed E-state index contributed by atoms with van der Waals surface area (Å²) in [7, 11) is 0. The lowest BCUT2D eigenvalue weighted by Gasteiger charge is -2.23. The Bertz CT molecular complexity index is 806. The van der Waals surface area contributed by atoms with E-state index in [1.54, 1.807) is 10.6 Å². The third kappa shape index (κ3) is 3.67. The molecule has 0 N–H and O–H groups in total. The SMILES string of the molecule is Cc1cccc(=O)n1CCC(=O)N1CCC[C@@H]1c1cc(C(C)C)on1. The van der Waals surface area contributed by atoms with E-state index in [2.05, 4.69) is 19.0 Å². The summed E-state index contributed by atoms with van der Waals surface area (Å²) in [5, 5.41) is 4.17. The molecular weight excluding hydrogens is 318 g/mol. The maximum atomic E-state index is 12.7. The summed E-state index contributed by atoms with van der Waals surface area (Å²) in [5.41, 5.74) is 1.64. The first kappa shape index (κ1) is 17.5. The number of carbonyl (C=O) groups is 1. The standard InChI is InChI=1S/C19H25N3O3/c1-13(2)17-12-15(20-25-17)16-7-5-10-22(16)19(24)9-11-21-14(3)6-4-8-18(21)23/h4,6,8,12-13,16H,5,7,9-11H2,1-3H3/t16-/m1/s1. The number of hydrogen-bond acceptors (Lipinski definition) is 4. The molecular formula is C19H25N3O3. The van der Waals surface area contributed by atoms with E-state index in [9.17, 15) is 9.59 Å². The third-order valence-corrected chi connectivity index (χ3v) is 4.85. The molecule has 0 bridgehead atoms. The third-order valence-electron chi connectivity index (χ3n) is 4.85. The van der Waals surface area contributed by atoms with Crippen molar-refractivity contribution in [2.75, 3.05) is 6.54 Å². The lowest BCUT2D eigenvalue weighted by atomic mass is 10.1. The fourth-order valence-corrected chi connectivity index (χ4v) is 3.37. The van der Waals surface area contributed by atoms with Gasteiger partial charge in [-0.3, -0.25) is 9.59 Å². The Kier molecular flexibility index (Phi) is 5.06. The van der Waals surface area contributed by atoms with Gasteiger partial charge in [0, 0.05) is 43.3 Å². The second-order valence-electron chi connectivity index (χ2n) is 6.96. The van der Waals surface area contributed by atoms with Gasteiger partial charge in [0.15, 0.2) is 0 Å². The first-order valence-electron chi connectivity index (χ1n) is 8.90. The van der Waals surface area contributed by atoms with E-state index in [1.165, 1.54) is 6.07 Å². The largest absolute Gasteiger partial charge is 0.361 e. The Hall–Kier alpha value is -2.37. The molecule has 0 radical (unpaired) electrons. The Balaban J connectivity index is 1.69. The summed E-state index contributed by atoms with van der Waals surface area (Å²) in [6.45, 7) is 7.14. The summed E-state index contributed by atoms with van der Waals surface area (Å²) >= 11 is 0. The molecule has 6 nitrogen and oxygen atoms in total. The number of amides is 1. The summed E-state index contributed by atoms with van der Waals surface area (Å²) in [4.78, 5) is 26.5. The molecule has 0 aliphatic carbocycles. The number of aryl methyl sites for hydroxylation is 1. The van der Waals surface area contributed by atoms with Crippen molar-refractivity contribution < 1.29 is 9.32 Å². The molecule has 0 spiro atoms. The number of aromatic nitrogens is 2. The van der Waals surface area contributed by atoms with Gasteiger partial charge in [-0.15, -0.1) is 0 Å². The predicted octanol–water partition coefficient (Wildman–Crippen LogP) is 3.02. The molecule has 0 saturated carbocycles. The molecule has 1 saturated heterocycles. The molecule has 3 heterocycles. The Labute approximate surface area is 147 Å². The first-order chi connectivity index (χ1) is 12.0. The maximum Gasteiger partial charge on any atom is 0.250 e. The lowest BCUT2D eigenvalue weighted by Crippen LogP contribution is -2.32. The number of nitrogens with zero attached hydrogens (tertiary/aromatic N) is 3. The van der Waals surface area contributed by atoms with Gasteiger partial charge >= 0.3 is 0 Å². The van der Waals surface area contributed by atoms with Crippen LogP contribution >= 0.6 is 0 Å². The number of rotatable bonds is 5. The molecule has 1 aliphatic heterocycles. The summed E-state index contributed by atoms with van der Waals surface area (Å²) < 4.78 is 7.04. The van der Waals surface area contributed by atoms with Gasteiger partial charge in [0.2, 0.25) is 5.91 Å². The van der Waals surface area contributed by atoms with Crippen molar-refractivity contribution in [1.82, 2.24) is 14.6 Å². The second-order valence-corrected chi connectivity index (χ2v) is 6.96. The fraction of sp³-hybridized carbons (Fsp3) is 0.526. The molecule has 2 aromatic heterocycles. The van der Waals surface area contributed by atoms with E-state index in [0.717, 1.165) is 36.5 Å². The minimum absolute atomic E-state index is 0.0163. The van der Waals surface area contributed by atoms with Gasteiger partial charge in [0.25, 0.3) is 5.56 Å². The normalized spacial score (nSPS) is 17.4. The van der Waals surface area contributed by atoms with Crippen molar-refractivity contribution in [2.45, 2.75) is 58.5 Å². The smallest absolute Gasteiger partial charge is 0.250 e. The van der Waals surface area contributed by atoms with Gasteiger partial charge < -0.3 is 14.0 Å². The van der Waals surface area contributed by atoms with Crippen LogP contribution in [0, 0.1) is 6.92 Å². The second kappa shape index (κ2) is 7.25. The molecule has 2 aromatic rings. The van der Waals surface area contributed by atoms with E-state index >= 15 is 0 Å². The number of carbonyl (C=O) groups excluding carboxylic acids is 1. The molecule has 134 valence electrons. The van der Waals surface area contributed by atoms with Crippen LogP contribution in [0.15, 0.2) is 33.6 Å². The number of likely N-dealkylation sites (tertiary alicyclic amines) is 1. The quantitative estimate of drug-likeness (QED) is 0.837. The van der Waals surface area contributed by atoms with Crippen LogP contribution < -0.4 is 5.56 Å². The monoisotopic (exact) mass is 343 g/mol. The van der Waals surface area contributed by atoms with Crippen molar-refractivity contribution in [3.05, 3.63) is 51.8 Å². The molecule has 6 heteroatoms. The van der Waals surface area contributed by atoms with Crippen molar-refractivity contribution in [2.24, 2.45) is 0 Å². The minimum Gasteiger partial charge on any atom is -0.361 e. The molecule has 0 aromatic carbocycles. The van der Waals surface area contributed by atoms with Crippen LogP contribution in [-0.2, 0) is 11.3 Å². The molecule has 3 rings (SSSR count). The van der Waals surface area contributed by atoms with Gasteiger partial charge in [0.05, 0.1) is 6.04 Å². The van der Waals surface area contributed by atoms with Crippen LogP contribution in [0.3, 0.4) is 0 Å². The highest BCUT2D eigenvalue weighted by Crippen LogP contribution is 2.33. The average Bonchev–Trinajstić information content (AvgIpc) is 3.23. The van der Waals surface area contributed by atoms with Gasteiger partial charge in [-0.2, -0.15) is 0 Å². The van der Waals surface area contributed by atoms with Gasteiger partial charge in [-0.05, 0) is 25.8 Å². The first-order valence-corrected chi connectivity index (χ1v) is 8.90. The van der Waals surface area contributed by atoms with Crippen LogP contribution in [0.4, 0.5) is 0 Å². The average molecular weight is 343 g/mol. The van der Waals surface area contributed by atoms with Crippen LogP contribution in [0.1, 0.15) is 62.2 Å². The molecule has 0 unspecified atom stereocenters. The van der Waals surface area contributed by atoms with Crippen LogP contribution in [-0.4, -0.2) is 27.1 Å². The fourth-order valence-electron chi connectivity index (χ4n) is 3.37. The zero-order valence-corrected chi connectivity index (χ0v) is 15.1. The van der Waals surface area contributed by atoms with E-state index in [-0.39, 0.29) is 23.4 Å². The van der Waals surface area contributed by atoms with E-state index < -0.39 is 0 Å². The lowest BCUT2D eigenvalue weighted by molar-refractivity contribution is -0.132. The maximum absolute atomic E-state index is 12.7. The van der Waals surface area contributed by atoms with Crippen LogP contribution in [0.2, 0.25) is 0 Å². The highest BCUT2D eigenvalue weighted by Gasteiger charge is 2.32. The molecule has 25 heavy (non-hydrogen) atoms. The zero-order chi connectivity index (χ0) is 18.0.